The molecule has 32 heavy (non-hydrogen) atoms. The Hall–Kier alpha value is -3.72. The lowest BCUT2D eigenvalue weighted by atomic mass is 10.0. The standard InChI is InChI=1S/C23H18F3N5O/c24-14-4-5-20(29-11-14)30-21-9-19-13(10-28-21)8-16(22-17(25)2-1-3-18(22)26)23(32)31(19)15-6-7-27-12-15/h1-5,8-11,15,27H,6-7,12H2,(H,28,29,30)/t15-/m0/s1. The van der Waals surface area contributed by atoms with E-state index in [4.69, 9.17) is 0 Å². The zero-order chi connectivity index (χ0) is 22.2. The van der Waals surface area contributed by atoms with E-state index in [1.165, 1.54) is 30.5 Å². The molecule has 4 heterocycles. The average Bonchev–Trinajstić information content (AvgIpc) is 3.30. The van der Waals surface area contributed by atoms with Gasteiger partial charge in [-0.25, -0.2) is 23.1 Å². The third-order valence-corrected chi connectivity index (χ3v) is 5.54. The van der Waals surface area contributed by atoms with E-state index in [0.717, 1.165) is 24.9 Å². The molecule has 1 atom stereocenters. The van der Waals surface area contributed by atoms with Crippen LogP contribution in [-0.2, 0) is 0 Å². The van der Waals surface area contributed by atoms with Crippen molar-refractivity contribution in [1.82, 2.24) is 19.9 Å². The summed E-state index contributed by atoms with van der Waals surface area (Å²) in [5.41, 5.74) is -0.310. The molecule has 0 spiro atoms. The van der Waals surface area contributed by atoms with E-state index in [1.54, 1.807) is 10.6 Å². The second-order valence-electron chi connectivity index (χ2n) is 7.59. The molecule has 4 aromatic rings. The number of benzene rings is 1. The Morgan fingerprint density at radius 3 is 2.47 bits per heavy atom. The first-order valence-corrected chi connectivity index (χ1v) is 10.1. The van der Waals surface area contributed by atoms with Gasteiger partial charge in [0.15, 0.2) is 0 Å². The van der Waals surface area contributed by atoms with Gasteiger partial charge in [0.25, 0.3) is 5.56 Å². The minimum absolute atomic E-state index is 0.0530. The lowest BCUT2D eigenvalue weighted by molar-refractivity contribution is 0.546. The molecule has 0 bridgehead atoms. The number of nitrogens with one attached hydrogen (secondary N) is 2. The number of nitrogens with zero attached hydrogens (tertiary/aromatic N) is 3. The smallest absolute Gasteiger partial charge is 0.259 e. The molecule has 9 heteroatoms. The van der Waals surface area contributed by atoms with Crippen molar-refractivity contribution in [3.8, 4) is 11.1 Å². The Labute approximate surface area is 180 Å². The third kappa shape index (κ3) is 3.60. The lowest BCUT2D eigenvalue weighted by Gasteiger charge is -2.19. The van der Waals surface area contributed by atoms with E-state index in [-0.39, 0.29) is 17.2 Å². The Kier molecular flexibility index (Phi) is 5.10. The maximum Gasteiger partial charge on any atom is 0.259 e. The zero-order valence-corrected chi connectivity index (χ0v) is 16.8. The molecule has 5 rings (SSSR count). The van der Waals surface area contributed by atoms with Crippen LogP contribution in [-0.4, -0.2) is 27.6 Å². The summed E-state index contributed by atoms with van der Waals surface area (Å²) in [6, 6.07) is 9.23. The minimum atomic E-state index is -0.800. The van der Waals surface area contributed by atoms with Gasteiger partial charge in [-0.3, -0.25) is 4.79 Å². The molecule has 162 valence electrons. The van der Waals surface area contributed by atoms with Crippen LogP contribution in [0.25, 0.3) is 22.0 Å². The van der Waals surface area contributed by atoms with Crippen LogP contribution >= 0.6 is 0 Å². The number of halogens is 3. The Morgan fingerprint density at radius 2 is 1.78 bits per heavy atom. The molecule has 1 aromatic carbocycles. The number of hydrogen-bond donors (Lipinski definition) is 2. The summed E-state index contributed by atoms with van der Waals surface area (Å²) >= 11 is 0. The number of hydrogen-bond acceptors (Lipinski definition) is 5. The van der Waals surface area contributed by atoms with Crippen molar-refractivity contribution in [1.29, 1.82) is 0 Å². The average molecular weight is 437 g/mol. The number of fused-ring (bicyclic) bond motifs is 1. The summed E-state index contributed by atoms with van der Waals surface area (Å²) in [6.07, 6.45) is 3.31. The van der Waals surface area contributed by atoms with Gasteiger partial charge in [0.05, 0.1) is 28.9 Å². The second kappa shape index (κ2) is 8.08. The quantitative estimate of drug-likeness (QED) is 0.502. The maximum atomic E-state index is 14.5. The Morgan fingerprint density at radius 1 is 1.00 bits per heavy atom. The van der Waals surface area contributed by atoms with Crippen molar-refractivity contribution in [2.75, 3.05) is 18.4 Å². The molecule has 0 saturated carbocycles. The molecule has 1 aliphatic rings. The highest BCUT2D eigenvalue weighted by molar-refractivity contribution is 5.86. The molecule has 1 fully saturated rings. The van der Waals surface area contributed by atoms with Crippen LogP contribution in [0.15, 0.2) is 59.7 Å². The van der Waals surface area contributed by atoms with Crippen LogP contribution < -0.4 is 16.2 Å². The summed E-state index contributed by atoms with van der Waals surface area (Å²) < 4.78 is 43.7. The molecule has 0 aliphatic carbocycles. The number of anilines is 2. The van der Waals surface area contributed by atoms with E-state index >= 15 is 0 Å². The van der Waals surface area contributed by atoms with Gasteiger partial charge < -0.3 is 15.2 Å². The first kappa shape index (κ1) is 20.2. The topological polar surface area (TPSA) is 71.8 Å². The highest BCUT2D eigenvalue weighted by atomic mass is 19.1. The highest BCUT2D eigenvalue weighted by Gasteiger charge is 2.24. The summed E-state index contributed by atoms with van der Waals surface area (Å²) in [6.45, 7) is 1.29. The number of rotatable bonds is 4. The molecule has 2 N–H and O–H groups in total. The fourth-order valence-corrected chi connectivity index (χ4v) is 4.04. The van der Waals surface area contributed by atoms with Gasteiger partial charge in [-0.15, -0.1) is 0 Å². The van der Waals surface area contributed by atoms with Crippen LogP contribution in [0.1, 0.15) is 12.5 Å². The summed E-state index contributed by atoms with van der Waals surface area (Å²) in [5.74, 6) is -1.27. The molecule has 0 amide bonds. The normalized spacial score (nSPS) is 15.9. The van der Waals surface area contributed by atoms with Gasteiger partial charge >= 0.3 is 0 Å². The molecule has 0 radical (unpaired) electrons. The molecule has 1 aliphatic heterocycles. The summed E-state index contributed by atoms with van der Waals surface area (Å²) in [5, 5.41) is 6.77. The van der Waals surface area contributed by atoms with Gasteiger partial charge in [-0.1, -0.05) is 6.07 Å². The van der Waals surface area contributed by atoms with Gasteiger partial charge in [0.2, 0.25) is 0 Å². The number of aromatic nitrogens is 3. The fourth-order valence-electron chi connectivity index (χ4n) is 4.04. The van der Waals surface area contributed by atoms with Crippen LogP contribution in [0.2, 0.25) is 0 Å². The van der Waals surface area contributed by atoms with Crippen LogP contribution in [0.5, 0.6) is 0 Å². The first-order valence-electron chi connectivity index (χ1n) is 10.1. The predicted octanol–water partition coefficient (Wildman–Crippen LogP) is 4.15. The van der Waals surface area contributed by atoms with Crippen molar-refractivity contribution in [3.05, 3.63) is 82.7 Å². The monoisotopic (exact) mass is 437 g/mol. The largest absolute Gasteiger partial charge is 0.325 e. The van der Waals surface area contributed by atoms with Gasteiger partial charge in [0, 0.05) is 24.2 Å². The number of pyridine rings is 3. The molecular formula is C23H18F3N5O. The molecule has 3 aromatic heterocycles. The van der Waals surface area contributed by atoms with Crippen LogP contribution in [0.3, 0.4) is 0 Å². The van der Waals surface area contributed by atoms with Crippen LogP contribution in [0.4, 0.5) is 24.8 Å². The lowest BCUT2D eigenvalue weighted by Crippen LogP contribution is -2.28. The second-order valence-corrected chi connectivity index (χ2v) is 7.59. The summed E-state index contributed by atoms with van der Waals surface area (Å²) in [7, 11) is 0. The Balaban J connectivity index is 1.70. The van der Waals surface area contributed by atoms with Gasteiger partial charge in [-0.2, -0.15) is 0 Å². The van der Waals surface area contributed by atoms with Crippen LogP contribution in [0, 0.1) is 17.5 Å². The highest BCUT2D eigenvalue weighted by Crippen LogP contribution is 2.29. The molecule has 0 unspecified atom stereocenters. The van der Waals surface area contributed by atoms with Gasteiger partial charge in [0.1, 0.15) is 29.1 Å². The van der Waals surface area contributed by atoms with E-state index in [0.29, 0.717) is 35.5 Å². The maximum absolute atomic E-state index is 14.5. The summed E-state index contributed by atoms with van der Waals surface area (Å²) in [4.78, 5) is 21.8. The van der Waals surface area contributed by atoms with Gasteiger partial charge in [-0.05, 0) is 43.3 Å². The van der Waals surface area contributed by atoms with E-state index < -0.39 is 23.0 Å². The minimum Gasteiger partial charge on any atom is -0.325 e. The van der Waals surface area contributed by atoms with Crippen molar-refractivity contribution in [3.63, 3.8) is 0 Å². The molecule has 1 saturated heterocycles. The van der Waals surface area contributed by atoms with E-state index in [9.17, 15) is 18.0 Å². The van der Waals surface area contributed by atoms with Crippen molar-refractivity contribution in [2.45, 2.75) is 12.5 Å². The third-order valence-electron chi connectivity index (χ3n) is 5.54. The molecule has 6 nitrogen and oxygen atoms in total. The molecular weight excluding hydrogens is 419 g/mol. The predicted molar refractivity (Wildman–Crippen MR) is 115 cm³/mol. The van der Waals surface area contributed by atoms with Crippen molar-refractivity contribution >= 4 is 22.5 Å². The fraction of sp³-hybridized carbons (Fsp3) is 0.174. The Bertz CT molecular complexity index is 1340. The zero-order valence-electron chi connectivity index (χ0n) is 16.8. The van der Waals surface area contributed by atoms with Crippen molar-refractivity contribution in [2.24, 2.45) is 0 Å². The van der Waals surface area contributed by atoms with E-state index in [2.05, 4.69) is 20.6 Å². The first-order chi connectivity index (χ1) is 15.5. The van der Waals surface area contributed by atoms with Crippen molar-refractivity contribution < 1.29 is 13.2 Å². The SMILES string of the molecule is O=c1c(-c2c(F)cccc2F)cc2cnc(Nc3ccc(F)cn3)cc2n1[C@H]1CCNC1. The van der Waals surface area contributed by atoms with E-state index in [1.807, 2.05) is 0 Å².